The molecule has 1 fully saturated rings. The average Bonchev–Trinajstić information content (AvgIpc) is 2.70. The standard InChI is InChI=1S/C9H7NO.C3H5NO2/c1-2-6-9-8(4-1)5-3-7-10-11-9;5-3-4-1-2-6-3/h1-7H;1-2H2,(H,4,5). The lowest BCUT2D eigenvalue weighted by atomic mass is 10.2. The quantitative estimate of drug-likeness (QED) is 0.742. The van der Waals surface area contributed by atoms with Gasteiger partial charge in [0, 0.05) is 5.56 Å². The van der Waals surface area contributed by atoms with Crippen LogP contribution in [0.5, 0.6) is 5.75 Å². The Kier molecular flexibility index (Phi) is 3.75. The van der Waals surface area contributed by atoms with Crippen molar-refractivity contribution in [2.45, 2.75) is 0 Å². The van der Waals surface area contributed by atoms with E-state index < -0.39 is 0 Å². The monoisotopic (exact) mass is 232 g/mol. The van der Waals surface area contributed by atoms with Crippen molar-refractivity contribution in [2.75, 3.05) is 13.2 Å². The summed E-state index contributed by atoms with van der Waals surface area (Å²) in [7, 11) is 0. The maximum absolute atomic E-state index is 9.91. The minimum absolute atomic E-state index is 0.296. The Morgan fingerprint density at radius 2 is 2.18 bits per heavy atom. The van der Waals surface area contributed by atoms with Gasteiger partial charge in [-0.25, -0.2) is 4.79 Å². The minimum Gasteiger partial charge on any atom is -0.448 e. The van der Waals surface area contributed by atoms with Crippen LogP contribution in [0.1, 0.15) is 5.56 Å². The van der Waals surface area contributed by atoms with Crippen LogP contribution in [0.15, 0.2) is 35.5 Å². The van der Waals surface area contributed by atoms with Gasteiger partial charge in [-0.1, -0.05) is 23.4 Å². The second-order valence-electron chi connectivity index (χ2n) is 3.31. The molecule has 0 aliphatic carbocycles. The number of para-hydroxylation sites is 1. The average molecular weight is 232 g/mol. The van der Waals surface area contributed by atoms with Crippen LogP contribution in [0.4, 0.5) is 4.79 Å². The molecule has 0 atom stereocenters. The zero-order chi connectivity index (χ0) is 11.9. The lowest BCUT2D eigenvalue weighted by Gasteiger charge is -1.98. The molecule has 0 aromatic heterocycles. The second kappa shape index (κ2) is 5.69. The van der Waals surface area contributed by atoms with Crippen LogP contribution in [0, 0.1) is 0 Å². The third-order valence-electron chi connectivity index (χ3n) is 2.10. The van der Waals surface area contributed by atoms with Crippen LogP contribution in [0.2, 0.25) is 0 Å². The number of cyclic esters (lactones) is 1. The number of carbonyl (C=O) groups is 1. The van der Waals surface area contributed by atoms with E-state index in [4.69, 9.17) is 4.84 Å². The van der Waals surface area contributed by atoms with Gasteiger partial charge in [-0.15, -0.1) is 0 Å². The summed E-state index contributed by atoms with van der Waals surface area (Å²) in [4.78, 5) is 15.0. The molecule has 0 saturated carbocycles. The predicted octanol–water partition coefficient (Wildman–Crippen LogP) is 1.80. The van der Waals surface area contributed by atoms with Crippen molar-refractivity contribution in [1.82, 2.24) is 5.32 Å². The SMILES string of the molecule is C1=Cc2ccccc2ON=C1.O=C1NCCO1. The van der Waals surface area contributed by atoms with Gasteiger partial charge in [-0.3, -0.25) is 0 Å². The highest BCUT2D eigenvalue weighted by atomic mass is 16.6. The van der Waals surface area contributed by atoms with E-state index >= 15 is 0 Å². The number of carbonyl (C=O) groups excluding carboxylic acids is 1. The molecule has 5 nitrogen and oxygen atoms in total. The van der Waals surface area contributed by atoms with Crippen molar-refractivity contribution in [3.05, 3.63) is 35.9 Å². The van der Waals surface area contributed by atoms with Gasteiger partial charge < -0.3 is 14.9 Å². The van der Waals surface area contributed by atoms with Crippen LogP contribution in [0.3, 0.4) is 0 Å². The molecule has 2 aliphatic rings. The first kappa shape index (κ1) is 11.2. The molecule has 1 aromatic rings. The van der Waals surface area contributed by atoms with Crippen molar-refractivity contribution in [3.8, 4) is 5.75 Å². The van der Waals surface area contributed by atoms with Gasteiger partial charge in [-0.05, 0) is 18.2 Å². The Labute approximate surface area is 98.7 Å². The zero-order valence-corrected chi connectivity index (χ0v) is 9.13. The topological polar surface area (TPSA) is 59.9 Å². The molecule has 3 rings (SSSR count). The summed E-state index contributed by atoms with van der Waals surface area (Å²) < 4.78 is 4.40. The first-order valence-corrected chi connectivity index (χ1v) is 5.23. The molecule has 17 heavy (non-hydrogen) atoms. The van der Waals surface area contributed by atoms with E-state index in [-0.39, 0.29) is 6.09 Å². The lowest BCUT2D eigenvalue weighted by Crippen LogP contribution is -2.11. The Balaban J connectivity index is 0.000000153. The lowest BCUT2D eigenvalue weighted by molar-refractivity contribution is 0.178. The third kappa shape index (κ3) is 3.34. The molecule has 2 heterocycles. The van der Waals surface area contributed by atoms with E-state index in [0.29, 0.717) is 13.2 Å². The normalized spacial score (nSPS) is 15.6. The van der Waals surface area contributed by atoms with Gasteiger partial charge in [0.25, 0.3) is 0 Å². The highest BCUT2D eigenvalue weighted by Crippen LogP contribution is 2.20. The molecule has 2 aliphatic heterocycles. The van der Waals surface area contributed by atoms with E-state index in [9.17, 15) is 4.79 Å². The highest BCUT2D eigenvalue weighted by molar-refractivity contribution is 5.80. The number of oxime groups is 1. The van der Waals surface area contributed by atoms with Crippen molar-refractivity contribution < 1.29 is 14.4 Å². The summed E-state index contributed by atoms with van der Waals surface area (Å²) in [5, 5.41) is 6.16. The molecule has 88 valence electrons. The zero-order valence-electron chi connectivity index (χ0n) is 9.13. The van der Waals surface area contributed by atoms with E-state index in [1.807, 2.05) is 36.4 Å². The van der Waals surface area contributed by atoms with E-state index in [2.05, 4.69) is 15.2 Å². The first-order chi connectivity index (χ1) is 8.36. The number of hydrogen-bond acceptors (Lipinski definition) is 4. The van der Waals surface area contributed by atoms with Crippen molar-refractivity contribution in [2.24, 2.45) is 5.16 Å². The van der Waals surface area contributed by atoms with E-state index in [1.165, 1.54) is 0 Å². The summed E-state index contributed by atoms with van der Waals surface area (Å²) >= 11 is 0. The smallest absolute Gasteiger partial charge is 0.407 e. The summed E-state index contributed by atoms with van der Waals surface area (Å²) in [6.45, 7) is 1.19. The maximum Gasteiger partial charge on any atom is 0.407 e. The van der Waals surface area contributed by atoms with Crippen molar-refractivity contribution >= 4 is 18.4 Å². The second-order valence-corrected chi connectivity index (χ2v) is 3.31. The van der Waals surface area contributed by atoms with Gasteiger partial charge >= 0.3 is 6.09 Å². The number of alkyl carbamates (subject to hydrolysis) is 1. The molecule has 1 aromatic carbocycles. The first-order valence-electron chi connectivity index (χ1n) is 5.23. The van der Waals surface area contributed by atoms with Crippen LogP contribution in [0.25, 0.3) is 6.08 Å². The summed E-state index contributed by atoms with van der Waals surface area (Å²) in [6, 6.07) is 7.77. The fourth-order valence-corrected chi connectivity index (χ4v) is 1.32. The fraction of sp³-hybridized carbons (Fsp3) is 0.167. The number of fused-ring (bicyclic) bond motifs is 1. The summed E-state index contributed by atoms with van der Waals surface area (Å²) in [6.07, 6.45) is 5.15. The summed E-state index contributed by atoms with van der Waals surface area (Å²) in [5.41, 5.74) is 1.06. The molecule has 0 bridgehead atoms. The van der Waals surface area contributed by atoms with Crippen LogP contribution >= 0.6 is 0 Å². The molecule has 0 radical (unpaired) electrons. The van der Waals surface area contributed by atoms with Crippen LogP contribution in [-0.2, 0) is 4.74 Å². The molecule has 0 spiro atoms. The maximum atomic E-state index is 9.91. The molecule has 1 saturated heterocycles. The highest BCUT2D eigenvalue weighted by Gasteiger charge is 2.06. The van der Waals surface area contributed by atoms with Gasteiger partial charge in [0.1, 0.15) is 6.61 Å². The molecule has 5 heteroatoms. The van der Waals surface area contributed by atoms with Gasteiger partial charge in [0.2, 0.25) is 0 Å². The van der Waals surface area contributed by atoms with Gasteiger partial charge in [0.15, 0.2) is 5.75 Å². The molecule has 1 N–H and O–H groups in total. The largest absolute Gasteiger partial charge is 0.448 e. The van der Waals surface area contributed by atoms with Gasteiger partial charge in [-0.2, -0.15) is 0 Å². The number of ether oxygens (including phenoxy) is 1. The summed E-state index contributed by atoms with van der Waals surface area (Å²) in [5.74, 6) is 0.803. The Bertz CT molecular complexity index is 447. The van der Waals surface area contributed by atoms with Crippen molar-refractivity contribution in [1.29, 1.82) is 0 Å². The molecular weight excluding hydrogens is 220 g/mol. The molecule has 1 amide bonds. The third-order valence-corrected chi connectivity index (χ3v) is 2.10. The Morgan fingerprint density at radius 1 is 1.29 bits per heavy atom. The Morgan fingerprint density at radius 3 is 2.88 bits per heavy atom. The van der Waals surface area contributed by atoms with Gasteiger partial charge in [0.05, 0.1) is 12.8 Å². The van der Waals surface area contributed by atoms with Crippen LogP contribution < -0.4 is 10.2 Å². The number of amides is 1. The number of nitrogens with zero attached hydrogens (tertiary/aromatic N) is 1. The number of rotatable bonds is 0. The number of nitrogens with one attached hydrogen (secondary N) is 1. The number of benzene rings is 1. The predicted molar refractivity (Wildman–Crippen MR) is 63.9 cm³/mol. The van der Waals surface area contributed by atoms with E-state index in [1.54, 1.807) is 6.21 Å². The van der Waals surface area contributed by atoms with Crippen molar-refractivity contribution in [3.63, 3.8) is 0 Å². The van der Waals surface area contributed by atoms with Crippen LogP contribution in [-0.4, -0.2) is 25.5 Å². The number of hydrogen-bond donors (Lipinski definition) is 1. The molecular formula is C12H12N2O3. The number of allylic oxidation sites excluding steroid dienone is 1. The molecule has 0 unspecified atom stereocenters. The minimum atomic E-state index is -0.296. The fourth-order valence-electron chi connectivity index (χ4n) is 1.32. The Hall–Kier alpha value is -2.30. The van der Waals surface area contributed by atoms with E-state index in [0.717, 1.165) is 11.3 Å².